The molecule has 0 aliphatic carbocycles. The molecule has 0 saturated carbocycles. The summed E-state index contributed by atoms with van der Waals surface area (Å²) in [6, 6.07) is 13.0. The van der Waals surface area contributed by atoms with Crippen LogP contribution in [0, 0.1) is 5.82 Å². The van der Waals surface area contributed by atoms with Crippen LogP contribution in [0.25, 0.3) is 22.2 Å². The molecule has 1 aliphatic heterocycles. The third-order valence-corrected chi connectivity index (χ3v) is 7.33. The molecule has 11 heteroatoms. The summed E-state index contributed by atoms with van der Waals surface area (Å²) >= 11 is 0. The van der Waals surface area contributed by atoms with Gasteiger partial charge in [0.15, 0.2) is 11.5 Å². The molecule has 0 bridgehead atoms. The molecule has 5 rings (SSSR count). The number of nitrogens with two attached hydrogens (primary N) is 1. The Bertz CT molecular complexity index is 1660. The van der Waals surface area contributed by atoms with Crippen molar-refractivity contribution in [1.29, 1.82) is 0 Å². The van der Waals surface area contributed by atoms with E-state index in [1.807, 2.05) is 0 Å². The Balaban J connectivity index is 1.49. The summed E-state index contributed by atoms with van der Waals surface area (Å²) < 4.78 is 50.1. The number of ketones is 1. The van der Waals surface area contributed by atoms with Gasteiger partial charge in [-0.3, -0.25) is 14.6 Å². The number of rotatable bonds is 9. The van der Waals surface area contributed by atoms with Gasteiger partial charge in [-0.15, -0.1) is 0 Å². The number of Topliss-reactive ketones (excluding diaryl/α,β-unsaturated/α-hetero) is 1. The number of hydrogen-bond acceptors (Lipinski definition) is 7. The van der Waals surface area contributed by atoms with Gasteiger partial charge in [0.1, 0.15) is 40.4 Å². The molecular formula is C30H26F3N3O5. The lowest BCUT2D eigenvalue weighted by atomic mass is 9.81. The molecule has 0 spiro atoms. The van der Waals surface area contributed by atoms with Gasteiger partial charge in [-0.1, -0.05) is 6.07 Å². The average molecular weight is 566 g/mol. The highest BCUT2D eigenvalue weighted by atomic mass is 19.3. The van der Waals surface area contributed by atoms with Gasteiger partial charge in [0.25, 0.3) is 0 Å². The maximum Gasteiger partial charge on any atom is 0.387 e. The molecule has 3 heterocycles. The molecule has 1 aliphatic rings. The Morgan fingerprint density at radius 1 is 1.20 bits per heavy atom. The Morgan fingerprint density at radius 3 is 2.61 bits per heavy atom. The van der Waals surface area contributed by atoms with Crippen LogP contribution in [0.15, 0.2) is 60.8 Å². The van der Waals surface area contributed by atoms with Crippen LogP contribution in [0.3, 0.4) is 0 Å². The Hall–Kier alpha value is -4.51. The van der Waals surface area contributed by atoms with Crippen molar-refractivity contribution in [2.24, 2.45) is 5.73 Å². The first-order chi connectivity index (χ1) is 19.4. The van der Waals surface area contributed by atoms with Gasteiger partial charge >= 0.3 is 6.61 Å². The van der Waals surface area contributed by atoms with Gasteiger partial charge in [0, 0.05) is 34.7 Å². The Morgan fingerprint density at radius 2 is 1.93 bits per heavy atom. The molecule has 0 fully saturated rings. The quantitative estimate of drug-likeness (QED) is 0.272. The topological polar surface area (TPSA) is 125 Å². The summed E-state index contributed by atoms with van der Waals surface area (Å²) in [5.74, 6) is -1.46. The van der Waals surface area contributed by atoms with E-state index in [1.165, 1.54) is 55.6 Å². The highest BCUT2D eigenvalue weighted by Gasteiger charge is 2.45. The van der Waals surface area contributed by atoms with Crippen molar-refractivity contribution in [3.8, 4) is 22.8 Å². The van der Waals surface area contributed by atoms with Gasteiger partial charge in [-0.25, -0.2) is 9.37 Å². The number of fused-ring (bicyclic) bond motifs is 2. The molecule has 2 aromatic carbocycles. The Labute approximate surface area is 232 Å². The van der Waals surface area contributed by atoms with Crippen molar-refractivity contribution >= 4 is 22.6 Å². The van der Waals surface area contributed by atoms with Crippen molar-refractivity contribution in [3.63, 3.8) is 0 Å². The number of pyridine rings is 2. The van der Waals surface area contributed by atoms with Gasteiger partial charge in [0.05, 0.1) is 5.69 Å². The molecule has 2 atom stereocenters. The van der Waals surface area contributed by atoms with Crippen LogP contribution < -0.4 is 15.2 Å². The van der Waals surface area contributed by atoms with Gasteiger partial charge in [-0.2, -0.15) is 8.78 Å². The second-order valence-corrected chi connectivity index (χ2v) is 10.3. The molecule has 4 aromatic rings. The van der Waals surface area contributed by atoms with E-state index >= 15 is 0 Å². The third-order valence-electron chi connectivity index (χ3n) is 7.33. The number of ether oxygens (including phenoxy) is 2. The van der Waals surface area contributed by atoms with Crippen molar-refractivity contribution in [2.75, 3.05) is 6.61 Å². The lowest BCUT2D eigenvalue weighted by Gasteiger charge is -2.26. The number of amides is 1. The van der Waals surface area contributed by atoms with Crippen molar-refractivity contribution in [1.82, 2.24) is 9.97 Å². The normalized spacial score (nSPS) is 17.6. The number of hydrogen-bond donors (Lipinski definition) is 2. The number of carbonyl (C=O) groups is 2. The highest BCUT2D eigenvalue weighted by Crippen LogP contribution is 2.46. The number of aromatic nitrogens is 2. The van der Waals surface area contributed by atoms with Crippen LogP contribution in [0.2, 0.25) is 0 Å². The molecule has 8 nitrogen and oxygen atoms in total. The molecule has 212 valence electrons. The number of aliphatic hydroxyl groups is 1. The zero-order chi connectivity index (χ0) is 29.5. The van der Waals surface area contributed by atoms with Gasteiger partial charge in [-0.05, 0) is 68.8 Å². The van der Waals surface area contributed by atoms with E-state index in [0.717, 1.165) is 0 Å². The van der Waals surface area contributed by atoms with Crippen molar-refractivity contribution in [2.45, 2.75) is 44.3 Å². The largest absolute Gasteiger partial charge is 0.489 e. The highest BCUT2D eigenvalue weighted by molar-refractivity contribution is 6.01. The van der Waals surface area contributed by atoms with E-state index in [0.29, 0.717) is 22.3 Å². The van der Waals surface area contributed by atoms with Crippen LogP contribution in [0.1, 0.15) is 48.3 Å². The minimum absolute atomic E-state index is 0.0442. The number of carbonyl (C=O) groups excluding carboxylic acids is 2. The zero-order valence-electron chi connectivity index (χ0n) is 22.2. The molecule has 0 radical (unpaired) electrons. The number of halogens is 3. The van der Waals surface area contributed by atoms with Crippen LogP contribution in [-0.2, 0) is 15.8 Å². The lowest BCUT2D eigenvalue weighted by Crippen LogP contribution is -2.40. The smallest absolute Gasteiger partial charge is 0.387 e. The molecule has 3 N–H and O–H groups in total. The fraction of sp³-hybridized carbons (Fsp3) is 0.267. The zero-order valence-corrected chi connectivity index (χ0v) is 22.2. The molecule has 2 aromatic heterocycles. The Kier molecular flexibility index (Phi) is 7.16. The number of primary amides is 1. The van der Waals surface area contributed by atoms with Crippen LogP contribution in [-0.4, -0.2) is 40.0 Å². The first-order valence-corrected chi connectivity index (χ1v) is 12.7. The van der Waals surface area contributed by atoms with E-state index in [2.05, 4.69) is 14.7 Å². The summed E-state index contributed by atoms with van der Waals surface area (Å²) in [5, 5.41) is 12.0. The van der Waals surface area contributed by atoms with Crippen LogP contribution in [0.5, 0.6) is 11.5 Å². The summed E-state index contributed by atoms with van der Waals surface area (Å²) in [5.41, 5.74) is 4.43. The number of alkyl halides is 2. The average Bonchev–Trinajstić information content (AvgIpc) is 3.29. The van der Waals surface area contributed by atoms with E-state index in [-0.39, 0.29) is 47.7 Å². The van der Waals surface area contributed by atoms with Crippen molar-refractivity contribution in [3.05, 3.63) is 83.4 Å². The summed E-state index contributed by atoms with van der Waals surface area (Å²) in [7, 11) is 0. The molecule has 0 unspecified atom stereocenters. The SMILES string of the molecule is C[C@](O)(CCC(=O)c1cc(OC(F)F)c2ncccc2c1)c1cc2c(c(-c3ccc(F)cc3)n1)OC[C@]2(C)C(N)=O. The molecule has 0 saturated heterocycles. The maximum absolute atomic E-state index is 13.6. The van der Waals surface area contributed by atoms with E-state index < -0.39 is 35.1 Å². The summed E-state index contributed by atoms with van der Waals surface area (Å²) in [4.78, 5) is 34.3. The van der Waals surface area contributed by atoms with Crippen LogP contribution in [0.4, 0.5) is 13.2 Å². The summed E-state index contributed by atoms with van der Waals surface area (Å²) in [6.07, 6.45) is 1.14. The standard InChI is InChI=1S/C30H26F3N3O5/c1-29(27(34)38)15-40-26-20(29)14-23(36-25(26)16-5-7-19(31)8-6-16)30(2,39)10-9-21(37)18-12-17-4-3-11-35-24(17)22(13-18)41-28(32)33/h3-8,11-14,28,39H,9-10,15H2,1-2H3,(H2,34,38)/t29-,30-/m0/s1. The fourth-order valence-electron chi connectivity index (χ4n) is 4.80. The summed E-state index contributed by atoms with van der Waals surface area (Å²) in [6.45, 7) is -0.0678. The molecule has 41 heavy (non-hydrogen) atoms. The van der Waals surface area contributed by atoms with Crippen LogP contribution >= 0.6 is 0 Å². The minimum Gasteiger partial charge on any atom is -0.489 e. The minimum atomic E-state index is -3.11. The predicted molar refractivity (Wildman–Crippen MR) is 143 cm³/mol. The van der Waals surface area contributed by atoms with E-state index in [1.54, 1.807) is 19.1 Å². The number of benzene rings is 2. The molecular weight excluding hydrogens is 539 g/mol. The first-order valence-electron chi connectivity index (χ1n) is 12.7. The van der Waals surface area contributed by atoms with Gasteiger partial charge < -0.3 is 20.3 Å². The maximum atomic E-state index is 13.6. The fourth-order valence-corrected chi connectivity index (χ4v) is 4.80. The van der Waals surface area contributed by atoms with Crippen molar-refractivity contribution < 1.29 is 37.3 Å². The predicted octanol–water partition coefficient (Wildman–Crippen LogP) is 5.04. The van der Waals surface area contributed by atoms with E-state index in [9.17, 15) is 27.9 Å². The third kappa shape index (κ3) is 5.32. The number of nitrogens with zero attached hydrogens (tertiary/aromatic N) is 2. The second-order valence-electron chi connectivity index (χ2n) is 10.3. The van der Waals surface area contributed by atoms with Gasteiger partial charge in [0.2, 0.25) is 5.91 Å². The molecule has 1 amide bonds. The lowest BCUT2D eigenvalue weighted by molar-refractivity contribution is -0.123. The van der Waals surface area contributed by atoms with E-state index in [4.69, 9.17) is 10.5 Å². The second kappa shape index (κ2) is 10.5. The first kappa shape index (κ1) is 28.0. The monoisotopic (exact) mass is 565 g/mol.